The summed E-state index contributed by atoms with van der Waals surface area (Å²) in [6.45, 7) is 1.70. The van der Waals surface area contributed by atoms with Crippen molar-refractivity contribution < 1.29 is 9.53 Å². The van der Waals surface area contributed by atoms with E-state index in [9.17, 15) is 4.79 Å². The lowest BCUT2D eigenvalue weighted by Gasteiger charge is -2.27. The van der Waals surface area contributed by atoms with E-state index in [4.69, 9.17) is 4.74 Å². The average molecular weight is 260 g/mol. The van der Waals surface area contributed by atoms with E-state index in [0.29, 0.717) is 0 Å². The van der Waals surface area contributed by atoms with Crippen molar-refractivity contribution in [3.63, 3.8) is 0 Å². The molecule has 1 aromatic rings. The van der Waals surface area contributed by atoms with Crippen LogP contribution in [0.5, 0.6) is 5.75 Å². The Bertz CT molecular complexity index is 481. The highest BCUT2D eigenvalue weighted by atomic mass is 16.5. The van der Waals surface area contributed by atoms with Crippen molar-refractivity contribution in [3.05, 3.63) is 23.8 Å². The minimum atomic E-state index is -0.0248. The van der Waals surface area contributed by atoms with E-state index in [1.54, 1.807) is 4.90 Å². The number of nitrogens with one attached hydrogen (secondary N) is 1. The molecule has 3 rings (SSSR count). The molecule has 1 saturated heterocycles. The molecule has 2 aliphatic rings. The molecule has 4 nitrogen and oxygen atoms in total. The molecular weight excluding hydrogens is 240 g/mol. The van der Waals surface area contributed by atoms with Gasteiger partial charge in [-0.25, -0.2) is 0 Å². The summed E-state index contributed by atoms with van der Waals surface area (Å²) in [5, 5.41) is 3.31. The minimum Gasteiger partial charge on any atom is -0.493 e. The number of likely N-dealkylation sites (N-methyl/N-ethyl adjacent to an activating group) is 1. The molecule has 0 aliphatic carbocycles. The number of amides is 1. The van der Waals surface area contributed by atoms with Crippen LogP contribution in [-0.4, -0.2) is 32.1 Å². The zero-order chi connectivity index (χ0) is 13.2. The quantitative estimate of drug-likeness (QED) is 0.880. The van der Waals surface area contributed by atoms with E-state index in [1.165, 1.54) is 12.0 Å². The number of benzene rings is 1. The van der Waals surface area contributed by atoms with Gasteiger partial charge in [-0.05, 0) is 43.1 Å². The number of anilines is 1. The normalized spacial score (nSPS) is 21.6. The average Bonchev–Trinajstić information content (AvgIpc) is 2.94. The van der Waals surface area contributed by atoms with Crippen molar-refractivity contribution in [3.8, 4) is 5.75 Å². The van der Waals surface area contributed by atoms with E-state index < -0.39 is 0 Å². The van der Waals surface area contributed by atoms with E-state index in [0.717, 1.165) is 43.9 Å². The maximum atomic E-state index is 12.4. The van der Waals surface area contributed by atoms with Crippen LogP contribution in [0, 0.1) is 0 Å². The number of carbonyl (C=O) groups is 1. The molecule has 2 aliphatic heterocycles. The molecule has 1 amide bonds. The number of fused-ring (bicyclic) bond motifs is 1. The first-order chi connectivity index (χ1) is 9.25. The molecule has 1 aromatic carbocycles. The fourth-order valence-corrected chi connectivity index (χ4v) is 2.81. The summed E-state index contributed by atoms with van der Waals surface area (Å²) >= 11 is 0. The number of ether oxygens (including phenoxy) is 1. The Balaban J connectivity index is 1.75. The smallest absolute Gasteiger partial charge is 0.243 e. The van der Waals surface area contributed by atoms with Crippen LogP contribution in [0.3, 0.4) is 0 Å². The zero-order valence-corrected chi connectivity index (χ0v) is 11.3. The van der Waals surface area contributed by atoms with Gasteiger partial charge in [0.1, 0.15) is 5.75 Å². The van der Waals surface area contributed by atoms with Crippen molar-refractivity contribution in [1.29, 1.82) is 0 Å². The summed E-state index contributed by atoms with van der Waals surface area (Å²) in [5.74, 6) is 1.12. The molecular formula is C15H20N2O2. The number of carbonyl (C=O) groups excluding carboxylic acids is 1. The Kier molecular flexibility index (Phi) is 3.42. The Hall–Kier alpha value is -1.55. The van der Waals surface area contributed by atoms with Crippen LogP contribution in [0.2, 0.25) is 0 Å². The van der Waals surface area contributed by atoms with Crippen molar-refractivity contribution in [1.82, 2.24) is 5.32 Å². The Morgan fingerprint density at radius 1 is 1.42 bits per heavy atom. The third kappa shape index (κ3) is 2.45. The van der Waals surface area contributed by atoms with Crippen molar-refractivity contribution in [2.45, 2.75) is 31.7 Å². The first-order valence-corrected chi connectivity index (χ1v) is 7.02. The van der Waals surface area contributed by atoms with Crippen molar-refractivity contribution in [2.75, 3.05) is 25.1 Å². The van der Waals surface area contributed by atoms with Crippen molar-refractivity contribution >= 4 is 11.6 Å². The fourth-order valence-electron chi connectivity index (χ4n) is 2.81. The molecule has 102 valence electrons. The lowest BCUT2D eigenvalue weighted by atomic mass is 10.0. The molecule has 0 spiro atoms. The highest BCUT2D eigenvalue weighted by Gasteiger charge is 2.25. The van der Waals surface area contributed by atoms with Gasteiger partial charge in [0.05, 0.1) is 12.6 Å². The molecule has 1 fully saturated rings. The first kappa shape index (κ1) is 12.5. The second-order valence-electron chi connectivity index (χ2n) is 5.29. The summed E-state index contributed by atoms with van der Waals surface area (Å²) in [5.41, 5.74) is 2.16. The second kappa shape index (κ2) is 5.21. The predicted octanol–water partition coefficient (Wildman–Crippen LogP) is 1.73. The molecule has 4 heteroatoms. The summed E-state index contributed by atoms with van der Waals surface area (Å²) in [6.07, 6.45) is 4.18. The summed E-state index contributed by atoms with van der Waals surface area (Å²) < 4.78 is 5.49. The van der Waals surface area contributed by atoms with Crippen LogP contribution < -0.4 is 15.0 Å². The Morgan fingerprint density at radius 3 is 3.11 bits per heavy atom. The van der Waals surface area contributed by atoms with Gasteiger partial charge in [0, 0.05) is 19.2 Å². The molecule has 0 bridgehead atoms. The molecule has 1 unspecified atom stereocenters. The molecule has 0 radical (unpaired) electrons. The molecule has 1 N–H and O–H groups in total. The molecule has 0 aromatic heterocycles. The second-order valence-corrected chi connectivity index (χ2v) is 5.29. The van der Waals surface area contributed by atoms with Gasteiger partial charge in [-0.3, -0.25) is 4.79 Å². The monoisotopic (exact) mass is 260 g/mol. The van der Waals surface area contributed by atoms with Crippen molar-refractivity contribution in [2.24, 2.45) is 0 Å². The van der Waals surface area contributed by atoms with Crippen LogP contribution >= 0.6 is 0 Å². The lowest BCUT2D eigenvalue weighted by molar-refractivity contribution is -0.120. The lowest BCUT2D eigenvalue weighted by Crippen LogP contribution is -2.47. The van der Waals surface area contributed by atoms with Crippen LogP contribution in [0.15, 0.2) is 18.2 Å². The molecule has 19 heavy (non-hydrogen) atoms. The number of hydrogen-bond donors (Lipinski definition) is 1. The number of nitrogens with zero attached hydrogens (tertiary/aromatic N) is 1. The van der Waals surface area contributed by atoms with E-state index >= 15 is 0 Å². The standard InChI is InChI=1S/C15H20N2O2/c1-17(15(18)13-4-2-3-8-16-13)12-5-6-14-11(10-12)7-9-19-14/h5-6,10,13,16H,2-4,7-9H2,1H3. The van der Waals surface area contributed by atoms with Gasteiger partial charge >= 0.3 is 0 Å². The van der Waals surface area contributed by atoms with Crippen LogP contribution in [0.25, 0.3) is 0 Å². The molecule has 1 atom stereocenters. The summed E-state index contributed by atoms with van der Waals surface area (Å²) in [6, 6.07) is 5.98. The first-order valence-electron chi connectivity index (χ1n) is 7.02. The van der Waals surface area contributed by atoms with Crippen LogP contribution in [0.4, 0.5) is 5.69 Å². The van der Waals surface area contributed by atoms with E-state index in [-0.39, 0.29) is 11.9 Å². The predicted molar refractivity (Wildman–Crippen MR) is 74.7 cm³/mol. The Morgan fingerprint density at radius 2 is 2.32 bits per heavy atom. The summed E-state index contributed by atoms with van der Waals surface area (Å²) in [4.78, 5) is 14.2. The van der Waals surface area contributed by atoms with Gasteiger partial charge in [0.15, 0.2) is 0 Å². The number of piperidine rings is 1. The number of rotatable bonds is 2. The van der Waals surface area contributed by atoms with Gasteiger partial charge in [0.25, 0.3) is 0 Å². The zero-order valence-electron chi connectivity index (χ0n) is 11.3. The third-order valence-corrected chi connectivity index (χ3v) is 4.00. The van der Waals surface area contributed by atoms with Gasteiger partial charge in [-0.1, -0.05) is 6.42 Å². The van der Waals surface area contributed by atoms with Gasteiger partial charge in [-0.15, -0.1) is 0 Å². The minimum absolute atomic E-state index is 0.0248. The summed E-state index contributed by atoms with van der Waals surface area (Å²) in [7, 11) is 1.86. The van der Waals surface area contributed by atoms with Gasteiger partial charge in [-0.2, -0.15) is 0 Å². The third-order valence-electron chi connectivity index (χ3n) is 4.00. The largest absolute Gasteiger partial charge is 0.493 e. The molecule has 2 heterocycles. The van der Waals surface area contributed by atoms with Gasteiger partial charge < -0.3 is 15.0 Å². The van der Waals surface area contributed by atoms with E-state index in [1.807, 2.05) is 19.2 Å². The van der Waals surface area contributed by atoms with E-state index in [2.05, 4.69) is 11.4 Å². The van der Waals surface area contributed by atoms with Gasteiger partial charge in [0.2, 0.25) is 5.91 Å². The fraction of sp³-hybridized carbons (Fsp3) is 0.533. The Labute approximate surface area is 113 Å². The maximum Gasteiger partial charge on any atom is 0.243 e. The number of hydrogen-bond acceptors (Lipinski definition) is 3. The highest BCUT2D eigenvalue weighted by molar-refractivity contribution is 5.96. The van der Waals surface area contributed by atoms with Crippen LogP contribution in [-0.2, 0) is 11.2 Å². The topological polar surface area (TPSA) is 41.6 Å². The SMILES string of the molecule is CN(C(=O)C1CCCCN1)c1ccc2c(c1)CCO2. The van der Waals surface area contributed by atoms with Crippen LogP contribution in [0.1, 0.15) is 24.8 Å². The maximum absolute atomic E-state index is 12.4. The highest BCUT2D eigenvalue weighted by Crippen LogP contribution is 2.29. The molecule has 0 saturated carbocycles.